The molecule has 0 bridgehead atoms. The molecule has 0 saturated carbocycles. The van der Waals surface area contributed by atoms with Crippen molar-refractivity contribution in [2.45, 2.75) is 26.8 Å². The van der Waals surface area contributed by atoms with E-state index in [1.54, 1.807) is 0 Å². The standard InChI is InChI=1S/C10H17N3O2/c1-4-15-6-7(2)12-10(14)9-5-11-13-8(9)3/h5,7H,4,6H2,1-3H3,(H,11,13)(H,12,14). The molecule has 84 valence electrons. The van der Waals surface area contributed by atoms with Crippen molar-refractivity contribution in [1.82, 2.24) is 15.5 Å². The molecule has 1 amide bonds. The van der Waals surface area contributed by atoms with Gasteiger partial charge in [0.05, 0.1) is 18.4 Å². The molecular weight excluding hydrogens is 194 g/mol. The van der Waals surface area contributed by atoms with Crippen molar-refractivity contribution >= 4 is 5.91 Å². The summed E-state index contributed by atoms with van der Waals surface area (Å²) in [6.45, 7) is 6.83. The van der Waals surface area contributed by atoms with E-state index in [1.165, 1.54) is 6.20 Å². The number of carbonyl (C=O) groups is 1. The lowest BCUT2D eigenvalue weighted by Crippen LogP contribution is -2.36. The summed E-state index contributed by atoms with van der Waals surface area (Å²) in [7, 11) is 0. The van der Waals surface area contributed by atoms with Gasteiger partial charge in [0.25, 0.3) is 5.91 Å². The lowest BCUT2D eigenvalue weighted by Gasteiger charge is -2.12. The number of hydrogen-bond donors (Lipinski definition) is 2. The third-order valence-electron chi connectivity index (χ3n) is 2.02. The third-order valence-corrected chi connectivity index (χ3v) is 2.02. The number of nitrogens with zero attached hydrogens (tertiary/aromatic N) is 1. The Labute approximate surface area is 89.2 Å². The molecule has 1 unspecified atom stereocenters. The van der Waals surface area contributed by atoms with Crippen molar-refractivity contribution in [3.8, 4) is 0 Å². The Kier molecular flexibility index (Phi) is 4.30. The van der Waals surface area contributed by atoms with Crippen LogP contribution in [-0.4, -0.2) is 35.4 Å². The van der Waals surface area contributed by atoms with Gasteiger partial charge in [0.15, 0.2) is 0 Å². The lowest BCUT2D eigenvalue weighted by atomic mass is 10.2. The monoisotopic (exact) mass is 211 g/mol. The first-order chi connectivity index (χ1) is 7.15. The fraction of sp³-hybridized carbons (Fsp3) is 0.600. The van der Waals surface area contributed by atoms with Crippen LogP contribution in [0.4, 0.5) is 0 Å². The van der Waals surface area contributed by atoms with E-state index in [1.807, 2.05) is 20.8 Å². The van der Waals surface area contributed by atoms with Crippen LogP contribution in [0.2, 0.25) is 0 Å². The van der Waals surface area contributed by atoms with Gasteiger partial charge in [-0.25, -0.2) is 0 Å². The molecule has 0 radical (unpaired) electrons. The summed E-state index contributed by atoms with van der Waals surface area (Å²) < 4.78 is 5.21. The Morgan fingerprint density at radius 2 is 2.47 bits per heavy atom. The zero-order chi connectivity index (χ0) is 11.3. The minimum absolute atomic E-state index is 0.00625. The van der Waals surface area contributed by atoms with Crippen LogP contribution in [0.3, 0.4) is 0 Å². The molecule has 5 nitrogen and oxygen atoms in total. The molecule has 5 heteroatoms. The molecule has 0 aromatic carbocycles. The van der Waals surface area contributed by atoms with Crippen molar-refractivity contribution in [2.24, 2.45) is 0 Å². The summed E-state index contributed by atoms with van der Waals surface area (Å²) >= 11 is 0. The minimum Gasteiger partial charge on any atom is -0.380 e. The predicted molar refractivity (Wildman–Crippen MR) is 56.7 cm³/mol. The van der Waals surface area contributed by atoms with Crippen LogP contribution in [-0.2, 0) is 4.74 Å². The van der Waals surface area contributed by atoms with Gasteiger partial charge in [-0.05, 0) is 20.8 Å². The largest absolute Gasteiger partial charge is 0.380 e. The van der Waals surface area contributed by atoms with Crippen LogP contribution in [0.1, 0.15) is 29.9 Å². The second kappa shape index (κ2) is 5.50. The molecule has 0 aliphatic heterocycles. The molecule has 0 aliphatic carbocycles. The molecule has 0 fully saturated rings. The Morgan fingerprint density at radius 3 is 3.00 bits per heavy atom. The summed E-state index contributed by atoms with van der Waals surface area (Å²) in [5.74, 6) is -0.117. The topological polar surface area (TPSA) is 67.0 Å². The number of aryl methyl sites for hydroxylation is 1. The molecule has 1 aromatic rings. The van der Waals surface area contributed by atoms with Gasteiger partial charge in [-0.2, -0.15) is 5.10 Å². The van der Waals surface area contributed by atoms with Crippen molar-refractivity contribution in [3.05, 3.63) is 17.5 Å². The van der Waals surface area contributed by atoms with Gasteiger partial charge in [0, 0.05) is 18.3 Å². The van der Waals surface area contributed by atoms with E-state index in [4.69, 9.17) is 4.74 Å². The fourth-order valence-corrected chi connectivity index (χ4v) is 1.22. The highest BCUT2D eigenvalue weighted by molar-refractivity contribution is 5.95. The van der Waals surface area contributed by atoms with Gasteiger partial charge < -0.3 is 10.1 Å². The fourth-order valence-electron chi connectivity index (χ4n) is 1.22. The highest BCUT2D eigenvalue weighted by atomic mass is 16.5. The molecule has 15 heavy (non-hydrogen) atoms. The summed E-state index contributed by atoms with van der Waals surface area (Å²) in [6, 6.07) is 0.00625. The quantitative estimate of drug-likeness (QED) is 0.759. The van der Waals surface area contributed by atoms with E-state index < -0.39 is 0 Å². The number of ether oxygens (including phenoxy) is 1. The molecule has 1 atom stereocenters. The van der Waals surface area contributed by atoms with Crippen molar-refractivity contribution < 1.29 is 9.53 Å². The van der Waals surface area contributed by atoms with Gasteiger partial charge in [0.1, 0.15) is 0 Å². The van der Waals surface area contributed by atoms with Crippen LogP contribution in [0.15, 0.2) is 6.20 Å². The Bertz CT molecular complexity index is 322. The maximum Gasteiger partial charge on any atom is 0.255 e. The van der Waals surface area contributed by atoms with E-state index in [0.29, 0.717) is 18.8 Å². The van der Waals surface area contributed by atoms with Gasteiger partial charge >= 0.3 is 0 Å². The van der Waals surface area contributed by atoms with E-state index in [9.17, 15) is 4.79 Å². The number of H-pyrrole nitrogens is 1. The van der Waals surface area contributed by atoms with Crippen LogP contribution in [0.5, 0.6) is 0 Å². The molecule has 1 rings (SSSR count). The first-order valence-corrected chi connectivity index (χ1v) is 5.03. The Balaban J connectivity index is 2.46. The Morgan fingerprint density at radius 1 is 1.73 bits per heavy atom. The first kappa shape index (κ1) is 11.7. The van der Waals surface area contributed by atoms with Gasteiger partial charge in [-0.1, -0.05) is 0 Å². The molecule has 2 N–H and O–H groups in total. The highest BCUT2D eigenvalue weighted by Crippen LogP contribution is 2.02. The molecule has 0 aliphatic rings. The van der Waals surface area contributed by atoms with Crippen molar-refractivity contribution in [2.75, 3.05) is 13.2 Å². The SMILES string of the molecule is CCOCC(C)NC(=O)c1cn[nH]c1C. The second-order valence-corrected chi connectivity index (χ2v) is 3.44. The normalized spacial score (nSPS) is 12.5. The van der Waals surface area contributed by atoms with E-state index in [-0.39, 0.29) is 11.9 Å². The molecule has 0 spiro atoms. The smallest absolute Gasteiger partial charge is 0.255 e. The highest BCUT2D eigenvalue weighted by Gasteiger charge is 2.13. The minimum atomic E-state index is -0.117. The van der Waals surface area contributed by atoms with Gasteiger partial charge in [0.2, 0.25) is 0 Å². The number of rotatable bonds is 5. The molecular formula is C10H17N3O2. The molecule has 0 saturated heterocycles. The predicted octanol–water partition coefficient (Wildman–Crippen LogP) is 0.873. The maximum atomic E-state index is 11.7. The number of nitrogens with one attached hydrogen (secondary N) is 2. The summed E-state index contributed by atoms with van der Waals surface area (Å²) in [5, 5.41) is 9.35. The van der Waals surface area contributed by atoms with Crippen molar-refractivity contribution in [3.63, 3.8) is 0 Å². The van der Waals surface area contributed by atoms with E-state index in [0.717, 1.165) is 5.69 Å². The average molecular weight is 211 g/mol. The molecule has 1 aromatic heterocycles. The Hall–Kier alpha value is -1.36. The number of amides is 1. The van der Waals surface area contributed by atoms with Gasteiger partial charge in [-0.15, -0.1) is 0 Å². The zero-order valence-corrected chi connectivity index (χ0v) is 9.33. The molecule has 1 heterocycles. The van der Waals surface area contributed by atoms with Crippen LogP contribution >= 0.6 is 0 Å². The average Bonchev–Trinajstić information content (AvgIpc) is 2.61. The maximum absolute atomic E-state index is 11.7. The number of aromatic amines is 1. The number of hydrogen-bond acceptors (Lipinski definition) is 3. The third kappa shape index (κ3) is 3.36. The number of aromatic nitrogens is 2. The zero-order valence-electron chi connectivity index (χ0n) is 9.33. The van der Waals surface area contributed by atoms with E-state index >= 15 is 0 Å². The lowest BCUT2D eigenvalue weighted by molar-refractivity contribution is 0.0871. The van der Waals surface area contributed by atoms with Crippen LogP contribution < -0.4 is 5.32 Å². The number of carbonyl (C=O) groups excluding carboxylic acids is 1. The first-order valence-electron chi connectivity index (χ1n) is 5.03. The summed E-state index contributed by atoms with van der Waals surface area (Å²) in [6.07, 6.45) is 1.53. The summed E-state index contributed by atoms with van der Waals surface area (Å²) in [5.41, 5.74) is 1.36. The van der Waals surface area contributed by atoms with Gasteiger partial charge in [-0.3, -0.25) is 9.89 Å². The van der Waals surface area contributed by atoms with Crippen molar-refractivity contribution in [1.29, 1.82) is 0 Å². The van der Waals surface area contributed by atoms with E-state index in [2.05, 4.69) is 15.5 Å². The second-order valence-electron chi connectivity index (χ2n) is 3.44. The summed E-state index contributed by atoms with van der Waals surface area (Å²) in [4.78, 5) is 11.7. The van der Waals surface area contributed by atoms with Crippen LogP contribution in [0, 0.1) is 6.92 Å². The van der Waals surface area contributed by atoms with Crippen LogP contribution in [0.25, 0.3) is 0 Å².